The number of unbranched alkanes of at least 4 members (excludes halogenated alkanes) is 1. The van der Waals surface area contributed by atoms with Crippen LogP contribution in [0, 0.1) is 5.92 Å². The lowest BCUT2D eigenvalue weighted by molar-refractivity contribution is -0.160. The summed E-state index contributed by atoms with van der Waals surface area (Å²) in [5.74, 6) is 0.0565. The van der Waals surface area contributed by atoms with Crippen molar-refractivity contribution >= 4 is 18.1 Å². The summed E-state index contributed by atoms with van der Waals surface area (Å²) in [6.45, 7) is 15.6. The van der Waals surface area contributed by atoms with Gasteiger partial charge in [-0.25, -0.2) is 9.59 Å². The van der Waals surface area contributed by atoms with Gasteiger partial charge in [-0.05, 0) is 88.5 Å². The van der Waals surface area contributed by atoms with Crippen LogP contribution in [0.15, 0.2) is 48.5 Å². The number of carbonyl (C=O) groups excluding carboxylic acids is 3. The van der Waals surface area contributed by atoms with Crippen molar-refractivity contribution in [1.82, 2.24) is 15.5 Å². The molecule has 0 unspecified atom stereocenters. The van der Waals surface area contributed by atoms with Crippen molar-refractivity contribution in [2.75, 3.05) is 39.5 Å². The van der Waals surface area contributed by atoms with E-state index in [1.807, 2.05) is 58.9 Å². The van der Waals surface area contributed by atoms with Gasteiger partial charge in [-0.1, -0.05) is 62.4 Å². The highest BCUT2D eigenvalue weighted by molar-refractivity contribution is 5.86. The average Bonchev–Trinajstić information content (AvgIpc) is 3.33. The maximum Gasteiger partial charge on any atom is 0.407 e. The molecule has 0 fully saturated rings. The highest BCUT2D eigenvalue weighted by Gasteiger charge is 2.31. The molecule has 1 aliphatic carbocycles. The van der Waals surface area contributed by atoms with Crippen LogP contribution in [0.2, 0.25) is 0 Å². The molecule has 0 spiro atoms. The van der Waals surface area contributed by atoms with E-state index in [4.69, 9.17) is 18.9 Å². The maximum absolute atomic E-state index is 14.1. The molecule has 2 N–H and O–H groups in total. The van der Waals surface area contributed by atoms with Crippen LogP contribution < -0.4 is 10.6 Å². The number of nitrogens with zero attached hydrogens (tertiary/aromatic N) is 1. The van der Waals surface area contributed by atoms with Gasteiger partial charge < -0.3 is 34.5 Å². The molecule has 3 amide bonds. The van der Waals surface area contributed by atoms with E-state index in [9.17, 15) is 14.4 Å². The molecule has 0 aromatic heterocycles. The predicted molar refractivity (Wildman–Crippen MR) is 183 cm³/mol. The standard InChI is InChI=1S/C37H55N3O7/c1-8-44-33(45-9-2)24-40(23-21-26(3)4)34(41)32(20-14-15-22-38-35(42)47-37(5,6)7)39-36(43)46-25-31-29-18-12-10-16-27(29)28-17-11-13-19-30(28)31/h10-13,16-19,26,31-33H,8-9,14-15,20-25H2,1-7H3,(H,38,42)(H,39,43)/t32-/m0/s1. The molecule has 0 saturated carbocycles. The molecule has 1 aliphatic rings. The number of rotatable bonds is 18. The lowest BCUT2D eigenvalue weighted by Crippen LogP contribution is -2.51. The van der Waals surface area contributed by atoms with Crippen LogP contribution in [0.3, 0.4) is 0 Å². The Balaban J connectivity index is 1.71. The molecule has 0 heterocycles. The molecular formula is C37H55N3O7. The Hall–Kier alpha value is -3.63. The molecular weight excluding hydrogens is 598 g/mol. The van der Waals surface area contributed by atoms with Crippen molar-refractivity contribution < 1.29 is 33.3 Å². The summed E-state index contributed by atoms with van der Waals surface area (Å²) in [6.07, 6.45) is 0.621. The van der Waals surface area contributed by atoms with Crippen LogP contribution in [-0.2, 0) is 23.7 Å². The summed E-state index contributed by atoms with van der Waals surface area (Å²) in [5, 5.41) is 5.64. The Morgan fingerprint density at radius 1 is 0.851 bits per heavy atom. The molecule has 2 aromatic carbocycles. The van der Waals surface area contributed by atoms with Crippen molar-refractivity contribution in [2.45, 2.75) is 98.0 Å². The molecule has 0 bridgehead atoms. The number of benzene rings is 2. The van der Waals surface area contributed by atoms with E-state index in [0.29, 0.717) is 51.5 Å². The molecule has 0 radical (unpaired) electrons. The van der Waals surface area contributed by atoms with Gasteiger partial charge in [0.05, 0.1) is 6.54 Å². The van der Waals surface area contributed by atoms with Gasteiger partial charge in [0.2, 0.25) is 5.91 Å². The number of amides is 3. The highest BCUT2D eigenvalue weighted by Crippen LogP contribution is 2.44. The minimum atomic E-state index is -0.830. The first kappa shape index (κ1) is 37.8. The monoisotopic (exact) mass is 653 g/mol. The molecule has 2 aromatic rings. The first-order valence-electron chi connectivity index (χ1n) is 17.0. The molecule has 0 saturated heterocycles. The zero-order valence-corrected chi connectivity index (χ0v) is 29.3. The van der Waals surface area contributed by atoms with Gasteiger partial charge in [0.1, 0.15) is 18.2 Å². The fourth-order valence-corrected chi connectivity index (χ4v) is 5.65. The largest absolute Gasteiger partial charge is 0.449 e. The second-order valence-corrected chi connectivity index (χ2v) is 13.3. The van der Waals surface area contributed by atoms with Gasteiger partial charge in [-0.3, -0.25) is 4.79 Å². The van der Waals surface area contributed by atoms with Gasteiger partial charge >= 0.3 is 12.2 Å². The van der Waals surface area contributed by atoms with Crippen LogP contribution in [0.25, 0.3) is 11.1 Å². The van der Waals surface area contributed by atoms with Crippen molar-refractivity contribution in [3.8, 4) is 11.1 Å². The van der Waals surface area contributed by atoms with Crippen molar-refractivity contribution in [1.29, 1.82) is 0 Å². The van der Waals surface area contributed by atoms with E-state index in [0.717, 1.165) is 28.7 Å². The quantitative estimate of drug-likeness (QED) is 0.133. The molecule has 1 atom stereocenters. The summed E-state index contributed by atoms with van der Waals surface area (Å²) >= 11 is 0. The zero-order valence-electron chi connectivity index (χ0n) is 29.3. The lowest BCUT2D eigenvalue weighted by Gasteiger charge is -2.31. The summed E-state index contributed by atoms with van der Waals surface area (Å²) in [6, 6.07) is 15.5. The summed E-state index contributed by atoms with van der Waals surface area (Å²) in [4.78, 5) is 41.2. The SMILES string of the molecule is CCOC(CN(CCC(C)C)C(=O)[C@H](CCCCNC(=O)OC(C)(C)C)NC(=O)OCC1c2ccccc2-c2ccccc21)OCC. The maximum atomic E-state index is 14.1. The van der Waals surface area contributed by atoms with Crippen molar-refractivity contribution in [3.05, 3.63) is 59.7 Å². The third kappa shape index (κ3) is 12.2. The van der Waals surface area contributed by atoms with E-state index < -0.39 is 30.1 Å². The van der Waals surface area contributed by atoms with E-state index in [1.165, 1.54) is 0 Å². The fraction of sp³-hybridized carbons (Fsp3) is 0.595. The number of hydrogen-bond acceptors (Lipinski definition) is 7. The molecule has 10 nitrogen and oxygen atoms in total. The van der Waals surface area contributed by atoms with E-state index in [2.05, 4.69) is 48.7 Å². The van der Waals surface area contributed by atoms with Crippen molar-refractivity contribution in [2.24, 2.45) is 5.92 Å². The number of carbonyl (C=O) groups is 3. The van der Waals surface area contributed by atoms with Gasteiger partial charge in [0, 0.05) is 32.2 Å². The number of ether oxygens (including phenoxy) is 4. The first-order chi connectivity index (χ1) is 22.4. The first-order valence-corrected chi connectivity index (χ1v) is 17.0. The summed E-state index contributed by atoms with van der Waals surface area (Å²) in [7, 11) is 0. The van der Waals surface area contributed by atoms with E-state index in [-0.39, 0.29) is 25.0 Å². The Bertz CT molecular complexity index is 1240. The molecule has 0 aliphatic heterocycles. The van der Waals surface area contributed by atoms with Crippen LogP contribution in [-0.4, -0.2) is 80.4 Å². The van der Waals surface area contributed by atoms with E-state index >= 15 is 0 Å². The Morgan fingerprint density at radius 3 is 2.00 bits per heavy atom. The fourth-order valence-electron chi connectivity index (χ4n) is 5.65. The van der Waals surface area contributed by atoms with E-state index in [1.54, 1.807) is 4.90 Å². The minimum Gasteiger partial charge on any atom is -0.449 e. The van der Waals surface area contributed by atoms with Crippen LogP contribution in [0.4, 0.5) is 9.59 Å². The number of alkyl carbamates (subject to hydrolysis) is 2. The summed E-state index contributed by atoms with van der Waals surface area (Å²) < 4.78 is 22.7. The van der Waals surface area contributed by atoms with Gasteiger partial charge in [0.25, 0.3) is 0 Å². The number of fused-ring (bicyclic) bond motifs is 3. The summed E-state index contributed by atoms with van der Waals surface area (Å²) in [5.41, 5.74) is 3.93. The molecule has 260 valence electrons. The number of hydrogen-bond donors (Lipinski definition) is 2. The normalized spacial score (nSPS) is 13.2. The predicted octanol–water partition coefficient (Wildman–Crippen LogP) is 6.86. The zero-order chi connectivity index (χ0) is 34.4. The minimum absolute atomic E-state index is 0.0955. The molecule has 3 rings (SSSR count). The highest BCUT2D eigenvalue weighted by atomic mass is 16.7. The second kappa shape index (κ2) is 18.6. The second-order valence-electron chi connectivity index (χ2n) is 13.3. The lowest BCUT2D eigenvalue weighted by atomic mass is 9.98. The third-order valence-electron chi connectivity index (χ3n) is 7.88. The Morgan fingerprint density at radius 2 is 1.45 bits per heavy atom. The van der Waals surface area contributed by atoms with Crippen molar-refractivity contribution in [3.63, 3.8) is 0 Å². The molecule has 47 heavy (non-hydrogen) atoms. The van der Waals surface area contributed by atoms with Gasteiger partial charge in [-0.2, -0.15) is 0 Å². The Kier molecular flexibility index (Phi) is 15.0. The van der Waals surface area contributed by atoms with Crippen LogP contribution in [0.1, 0.15) is 91.2 Å². The van der Waals surface area contributed by atoms with Crippen LogP contribution in [0.5, 0.6) is 0 Å². The smallest absolute Gasteiger partial charge is 0.407 e. The van der Waals surface area contributed by atoms with Gasteiger partial charge in [-0.15, -0.1) is 0 Å². The average molecular weight is 654 g/mol. The Labute approximate surface area is 280 Å². The molecule has 10 heteroatoms. The third-order valence-corrected chi connectivity index (χ3v) is 7.88. The topological polar surface area (TPSA) is 115 Å². The van der Waals surface area contributed by atoms with Gasteiger partial charge in [0.15, 0.2) is 6.29 Å². The van der Waals surface area contributed by atoms with Crippen LogP contribution >= 0.6 is 0 Å². The number of nitrogens with one attached hydrogen (secondary N) is 2.